The predicted molar refractivity (Wildman–Crippen MR) is 91.6 cm³/mol. The maximum absolute atomic E-state index is 12.4. The van der Waals surface area contributed by atoms with Crippen LogP contribution in [0.2, 0.25) is 0 Å². The topological polar surface area (TPSA) is 81.8 Å². The summed E-state index contributed by atoms with van der Waals surface area (Å²) in [5.74, 6) is 0.682. The molecule has 1 aliphatic carbocycles. The quantitative estimate of drug-likeness (QED) is 0.829. The molecule has 3 heterocycles. The van der Waals surface area contributed by atoms with Gasteiger partial charge in [-0.2, -0.15) is 5.10 Å². The highest BCUT2D eigenvalue weighted by molar-refractivity contribution is 5.79. The van der Waals surface area contributed by atoms with Crippen LogP contribution in [0.4, 0.5) is 0 Å². The fourth-order valence-corrected chi connectivity index (χ4v) is 4.24. The lowest BCUT2D eigenvalue weighted by molar-refractivity contribution is -0.139. The Labute approximate surface area is 148 Å². The maximum Gasteiger partial charge on any atom is 0.225 e. The van der Waals surface area contributed by atoms with Gasteiger partial charge >= 0.3 is 0 Å². The van der Waals surface area contributed by atoms with Gasteiger partial charge in [0.25, 0.3) is 0 Å². The van der Waals surface area contributed by atoms with Crippen LogP contribution in [0.3, 0.4) is 0 Å². The number of aromatic nitrogens is 2. The number of carbonyl (C=O) groups is 1. The molecule has 0 bridgehead atoms. The smallest absolute Gasteiger partial charge is 0.225 e. The second-order valence-electron chi connectivity index (χ2n) is 7.64. The number of fused-ring (bicyclic) bond motifs is 1. The molecule has 0 spiro atoms. The molecule has 3 aliphatic rings. The highest BCUT2D eigenvalue weighted by atomic mass is 16.3. The van der Waals surface area contributed by atoms with Crippen molar-refractivity contribution < 1.29 is 15.0 Å². The van der Waals surface area contributed by atoms with Gasteiger partial charge in [0.05, 0.1) is 24.5 Å². The number of hydrogen-bond donors (Lipinski definition) is 2. The van der Waals surface area contributed by atoms with Gasteiger partial charge in [-0.15, -0.1) is 0 Å². The van der Waals surface area contributed by atoms with Crippen molar-refractivity contribution in [3.05, 3.63) is 17.5 Å². The largest absolute Gasteiger partial charge is 0.393 e. The number of likely N-dealkylation sites (tertiary alicyclic amines) is 1. The van der Waals surface area contributed by atoms with Crippen molar-refractivity contribution in [3.8, 4) is 0 Å². The summed E-state index contributed by atoms with van der Waals surface area (Å²) in [5, 5.41) is 23.3. The maximum atomic E-state index is 12.4. The average molecular weight is 348 g/mol. The summed E-state index contributed by atoms with van der Waals surface area (Å²) >= 11 is 0. The monoisotopic (exact) mass is 348 g/mol. The minimum absolute atomic E-state index is 0.298. The molecule has 1 aromatic rings. The molecule has 0 unspecified atom stereocenters. The molecule has 1 aromatic heterocycles. The van der Waals surface area contributed by atoms with E-state index in [4.69, 9.17) is 5.11 Å². The van der Waals surface area contributed by atoms with Gasteiger partial charge in [0.2, 0.25) is 5.91 Å². The zero-order chi connectivity index (χ0) is 17.4. The molecule has 25 heavy (non-hydrogen) atoms. The van der Waals surface area contributed by atoms with Crippen molar-refractivity contribution >= 4 is 5.91 Å². The highest BCUT2D eigenvalue weighted by Crippen LogP contribution is 2.30. The Morgan fingerprint density at radius 3 is 2.60 bits per heavy atom. The minimum atomic E-state index is -0.896. The van der Waals surface area contributed by atoms with Crippen LogP contribution in [-0.2, 0) is 17.9 Å². The van der Waals surface area contributed by atoms with Crippen LogP contribution < -0.4 is 0 Å². The van der Waals surface area contributed by atoms with Gasteiger partial charge in [0.15, 0.2) is 0 Å². The van der Waals surface area contributed by atoms with Gasteiger partial charge in [0.1, 0.15) is 6.10 Å². The van der Waals surface area contributed by atoms with Crippen molar-refractivity contribution in [2.45, 2.75) is 57.3 Å². The summed E-state index contributed by atoms with van der Waals surface area (Å²) in [5.41, 5.74) is 1.65. The zero-order valence-corrected chi connectivity index (χ0v) is 14.7. The van der Waals surface area contributed by atoms with Crippen molar-refractivity contribution in [2.75, 3.05) is 26.2 Å². The van der Waals surface area contributed by atoms with Gasteiger partial charge < -0.3 is 15.1 Å². The molecule has 7 heteroatoms. The molecule has 7 nitrogen and oxygen atoms in total. The van der Waals surface area contributed by atoms with E-state index in [-0.39, 0.29) is 6.61 Å². The van der Waals surface area contributed by atoms with E-state index < -0.39 is 6.10 Å². The third kappa shape index (κ3) is 3.32. The standard InChI is InChI=1S/C18H28N4O3/c23-12-17(24)16-10-15-11-21(8-9-22(15)19-16)14-4-6-20(7-5-14)18(25)13-2-1-3-13/h10,13-14,17,23-24H,1-9,11-12H2/t17-/m0/s1. The number of carbonyl (C=O) groups excluding carboxylic acids is 1. The number of nitrogens with zero attached hydrogens (tertiary/aromatic N) is 4. The molecule has 1 amide bonds. The molecule has 2 fully saturated rings. The Morgan fingerprint density at radius 1 is 1.20 bits per heavy atom. The van der Waals surface area contributed by atoms with E-state index in [1.165, 1.54) is 6.42 Å². The molecule has 1 atom stereocenters. The second kappa shape index (κ2) is 7.05. The first-order valence-corrected chi connectivity index (χ1v) is 9.54. The number of piperidine rings is 1. The van der Waals surface area contributed by atoms with Gasteiger partial charge in [-0.25, -0.2) is 0 Å². The average Bonchev–Trinajstić information content (AvgIpc) is 3.03. The molecule has 0 aromatic carbocycles. The first-order valence-electron chi connectivity index (χ1n) is 9.54. The number of hydrogen-bond acceptors (Lipinski definition) is 5. The fraction of sp³-hybridized carbons (Fsp3) is 0.778. The van der Waals surface area contributed by atoms with Gasteiger partial charge in [-0.05, 0) is 31.7 Å². The molecule has 138 valence electrons. The van der Waals surface area contributed by atoms with E-state index in [1.54, 1.807) is 0 Å². The van der Waals surface area contributed by atoms with Crippen LogP contribution in [0, 0.1) is 5.92 Å². The second-order valence-corrected chi connectivity index (χ2v) is 7.64. The molecule has 4 rings (SSSR count). The Morgan fingerprint density at radius 2 is 1.96 bits per heavy atom. The van der Waals surface area contributed by atoms with Crippen LogP contribution >= 0.6 is 0 Å². The van der Waals surface area contributed by atoms with E-state index >= 15 is 0 Å². The van der Waals surface area contributed by atoms with Crippen LogP contribution in [0.25, 0.3) is 0 Å². The fourth-order valence-electron chi connectivity index (χ4n) is 4.24. The van der Waals surface area contributed by atoms with E-state index in [1.807, 2.05) is 10.7 Å². The van der Waals surface area contributed by atoms with Crippen molar-refractivity contribution in [1.82, 2.24) is 19.6 Å². The lowest BCUT2D eigenvalue weighted by Gasteiger charge is -2.41. The number of amides is 1. The van der Waals surface area contributed by atoms with E-state index in [0.717, 1.165) is 64.1 Å². The molecule has 1 saturated heterocycles. The Balaban J connectivity index is 1.33. The van der Waals surface area contributed by atoms with Crippen LogP contribution in [-0.4, -0.2) is 68.0 Å². The molecule has 2 N–H and O–H groups in total. The van der Waals surface area contributed by atoms with Crippen LogP contribution in [0.5, 0.6) is 0 Å². The van der Waals surface area contributed by atoms with E-state index in [2.05, 4.69) is 14.9 Å². The van der Waals surface area contributed by atoms with Gasteiger partial charge in [-0.1, -0.05) is 6.42 Å². The van der Waals surface area contributed by atoms with Gasteiger partial charge in [-0.3, -0.25) is 14.4 Å². The van der Waals surface area contributed by atoms with Crippen LogP contribution in [0.1, 0.15) is 49.6 Å². The Kier molecular flexibility index (Phi) is 4.80. The summed E-state index contributed by atoms with van der Waals surface area (Å²) in [6.07, 6.45) is 4.55. The third-order valence-electron chi connectivity index (χ3n) is 6.11. The zero-order valence-electron chi connectivity index (χ0n) is 14.7. The SMILES string of the molecule is O=C(C1CCC1)N1CCC(N2CCn3nc([C@@H](O)CO)cc3C2)CC1. The predicted octanol–water partition coefficient (Wildman–Crippen LogP) is 0.516. The van der Waals surface area contributed by atoms with Crippen molar-refractivity contribution in [1.29, 1.82) is 0 Å². The first kappa shape index (κ1) is 17.0. The molecule has 0 radical (unpaired) electrons. The normalized spacial score (nSPS) is 24.0. The summed E-state index contributed by atoms with van der Waals surface area (Å²) in [6, 6.07) is 2.42. The number of rotatable bonds is 4. The minimum Gasteiger partial charge on any atom is -0.393 e. The lowest BCUT2D eigenvalue weighted by atomic mass is 9.84. The van der Waals surface area contributed by atoms with E-state index in [9.17, 15) is 9.90 Å². The Hall–Kier alpha value is -1.44. The Bertz CT molecular complexity index is 620. The molecule has 2 aliphatic heterocycles. The molecular formula is C18H28N4O3. The first-order chi connectivity index (χ1) is 12.2. The summed E-state index contributed by atoms with van der Waals surface area (Å²) in [7, 11) is 0. The summed E-state index contributed by atoms with van der Waals surface area (Å²) < 4.78 is 1.94. The lowest BCUT2D eigenvalue weighted by Crippen LogP contribution is -2.50. The van der Waals surface area contributed by atoms with Crippen molar-refractivity contribution in [3.63, 3.8) is 0 Å². The molecular weight excluding hydrogens is 320 g/mol. The molecule has 1 saturated carbocycles. The highest BCUT2D eigenvalue weighted by Gasteiger charge is 2.34. The third-order valence-corrected chi connectivity index (χ3v) is 6.11. The summed E-state index contributed by atoms with van der Waals surface area (Å²) in [4.78, 5) is 16.9. The summed E-state index contributed by atoms with van der Waals surface area (Å²) in [6.45, 7) is 4.05. The van der Waals surface area contributed by atoms with E-state index in [0.29, 0.717) is 23.6 Å². The number of aliphatic hydroxyl groups excluding tert-OH is 2. The van der Waals surface area contributed by atoms with Crippen molar-refractivity contribution in [2.24, 2.45) is 5.92 Å². The number of aliphatic hydroxyl groups is 2. The van der Waals surface area contributed by atoms with Crippen LogP contribution in [0.15, 0.2) is 6.07 Å². The van der Waals surface area contributed by atoms with Gasteiger partial charge in [0, 0.05) is 38.1 Å².